The van der Waals surface area contributed by atoms with Crippen LogP contribution in [0.25, 0.3) is 6.08 Å². The fraction of sp³-hybridized carbons (Fsp3) is 0.190. The van der Waals surface area contributed by atoms with Crippen LogP contribution in [0.5, 0.6) is 23.0 Å². The highest BCUT2D eigenvalue weighted by Gasteiger charge is 2.13. The van der Waals surface area contributed by atoms with Crippen LogP contribution in [0.15, 0.2) is 36.4 Å². The molecule has 0 saturated heterocycles. The van der Waals surface area contributed by atoms with E-state index in [0.29, 0.717) is 39.1 Å². The van der Waals surface area contributed by atoms with Gasteiger partial charge in [-0.15, -0.1) is 6.42 Å². The summed E-state index contributed by atoms with van der Waals surface area (Å²) in [6, 6.07) is 8.37. The fourth-order valence-corrected chi connectivity index (χ4v) is 2.63. The zero-order valence-electron chi connectivity index (χ0n) is 15.2. The van der Waals surface area contributed by atoms with Gasteiger partial charge in [0.1, 0.15) is 18.1 Å². The molecular formula is C21H19ClO5. The monoisotopic (exact) mass is 386 g/mol. The molecule has 0 fully saturated rings. The van der Waals surface area contributed by atoms with Gasteiger partial charge in [-0.25, -0.2) is 0 Å². The van der Waals surface area contributed by atoms with Crippen molar-refractivity contribution in [3.05, 3.63) is 52.6 Å². The average molecular weight is 387 g/mol. The molecule has 0 N–H and O–H groups in total. The SMILES string of the molecule is C#CCOc1c(Cl)cc(/C=C/C(=O)c2cc(OC)ccc2OC)cc1OC. The molecule has 0 radical (unpaired) electrons. The average Bonchev–Trinajstić information content (AvgIpc) is 2.70. The Labute approximate surface area is 163 Å². The van der Waals surface area contributed by atoms with Crippen LogP contribution in [0.1, 0.15) is 15.9 Å². The summed E-state index contributed by atoms with van der Waals surface area (Å²) in [6.07, 6.45) is 8.25. The maximum absolute atomic E-state index is 12.6. The standard InChI is InChI=1S/C21H19ClO5/c1-5-10-27-21-17(22)11-14(12-20(21)26-4)6-8-18(23)16-13-15(24-2)7-9-19(16)25-3/h1,6-9,11-13H,10H2,2-4H3/b8-6+. The van der Waals surface area contributed by atoms with Gasteiger partial charge < -0.3 is 18.9 Å². The van der Waals surface area contributed by atoms with Gasteiger partial charge in [-0.05, 0) is 42.0 Å². The molecule has 2 aromatic rings. The summed E-state index contributed by atoms with van der Waals surface area (Å²) in [7, 11) is 4.53. The summed E-state index contributed by atoms with van der Waals surface area (Å²) < 4.78 is 21.1. The number of methoxy groups -OCH3 is 3. The van der Waals surface area contributed by atoms with Crippen LogP contribution in [0.4, 0.5) is 0 Å². The predicted molar refractivity (Wildman–Crippen MR) is 105 cm³/mol. The van der Waals surface area contributed by atoms with Crippen molar-refractivity contribution in [3.63, 3.8) is 0 Å². The van der Waals surface area contributed by atoms with Crippen molar-refractivity contribution in [3.8, 4) is 35.3 Å². The highest BCUT2D eigenvalue weighted by atomic mass is 35.5. The van der Waals surface area contributed by atoms with Gasteiger partial charge in [-0.3, -0.25) is 4.79 Å². The third-order valence-electron chi connectivity index (χ3n) is 3.65. The van der Waals surface area contributed by atoms with E-state index in [0.717, 1.165) is 0 Å². The first-order valence-corrected chi connectivity index (χ1v) is 8.30. The van der Waals surface area contributed by atoms with Crippen LogP contribution in [0, 0.1) is 12.3 Å². The number of ether oxygens (including phenoxy) is 4. The number of halogens is 1. The molecule has 0 saturated carbocycles. The lowest BCUT2D eigenvalue weighted by atomic mass is 10.1. The number of rotatable bonds is 8. The van der Waals surface area contributed by atoms with Gasteiger partial charge in [0, 0.05) is 0 Å². The zero-order chi connectivity index (χ0) is 19.8. The lowest BCUT2D eigenvalue weighted by molar-refractivity contribution is 0.104. The molecule has 0 amide bonds. The molecule has 0 aliphatic rings. The third kappa shape index (κ3) is 4.96. The highest BCUT2D eigenvalue weighted by molar-refractivity contribution is 6.32. The second-order valence-corrected chi connectivity index (χ2v) is 5.70. The van der Waals surface area contributed by atoms with Crippen LogP contribution < -0.4 is 18.9 Å². The normalized spacial score (nSPS) is 10.3. The second kappa shape index (κ2) is 9.56. The zero-order valence-corrected chi connectivity index (χ0v) is 16.0. The third-order valence-corrected chi connectivity index (χ3v) is 3.93. The molecule has 2 rings (SSSR count). The minimum Gasteiger partial charge on any atom is -0.497 e. The number of hydrogen-bond acceptors (Lipinski definition) is 5. The summed E-state index contributed by atoms with van der Waals surface area (Å²) in [4.78, 5) is 12.6. The predicted octanol–water partition coefficient (Wildman–Crippen LogP) is 4.27. The van der Waals surface area contributed by atoms with Crippen molar-refractivity contribution in [1.82, 2.24) is 0 Å². The molecule has 0 spiro atoms. The molecule has 2 aromatic carbocycles. The van der Waals surface area contributed by atoms with Gasteiger partial charge in [-0.2, -0.15) is 0 Å². The first-order chi connectivity index (χ1) is 13.0. The number of hydrogen-bond donors (Lipinski definition) is 0. The van der Waals surface area contributed by atoms with Gasteiger partial charge in [-0.1, -0.05) is 23.6 Å². The number of ketones is 1. The Morgan fingerprint density at radius 3 is 2.48 bits per heavy atom. The minimum absolute atomic E-state index is 0.0688. The van der Waals surface area contributed by atoms with Crippen molar-refractivity contribution in [2.24, 2.45) is 0 Å². The van der Waals surface area contributed by atoms with E-state index < -0.39 is 0 Å². The summed E-state index contributed by atoms with van der Waals surface area (Å²) in [5, 5.41) is 0.329. The van der Waals surface area contributed by atoms with E-state index in [2.05, 4.69) is 5.92 Å². The molecule has 5 nitrogen and oxygen atoms in total. The molecule has 0 heterocycles. The molecule has 27 heavy (non-hydrogen) atoms. The van der Waals surface area contributed by atoms with E-state index in [4.69, 9.17) is 37.0 Å². The number of allylic oxidation sites excluding steroid dienone is 1. The largest absolute Gasteiger partial charge is 0.497 e. The number of carbonyl (C=O) groups is 1. The summed E-state index contributed by atoms with van der Waals surface area (Å²) in [5.74, 6) is 3.92. The van der Waals surface area contributed by atoms with Gasteiger partial charge in [0.2, 0.25) is 0 Å². The molecule has 0 aliphatic carbocycles. The molecule has 0 bridgehead atoms. The van der Waals surface area contributed by atoms with Crippen LogP contribution in [0.2, 0.25) is 5.02 Å². The summed E-state index contributed by atoms with van der Waals surface area (Å²) in [5.41, 5.74) is 1.06. The van der Waals surface area contributed by atoms with Crippen LogP contribution in [0.3, 0.4) is 0 Å². The topological polar surface area (TPSA) is 54.0 Å². The molecule has 6 heteroatoms. The van der Waals surface area contributed by atoms with E-state index in [1.165, 1.54) is 27.4 Å². The molecule has 0 unspecified atom stereocenters. The van der Waals surface area contributed by atoms with Gasteiger partial charge in [0.15, 0.2) is 17.3 Å². The molecule has 140 valence electrons. The Kier molecular flexibility index (Phi) is 7.16. The van der Waals surface area contributed by atoms with Gasteiger partial charge in [0.25, 0.3) is 0 Å². The van der Waals surface area contributed by atoms with Crippen LogP contribution in [-0.2, 0) is 0 Å². The van der Waals surface area contributed by atoms with Crippen molar-refractivity contribution in [1.29, 1.82) is 0 Å². The van der Waals surface area contributed by atoms with Crippen molar-refractivity contribution >= 4 is 23.5 Å². The van der Waals surface area contributed by atoms with Crippen LogP contribution >= 0.6 is 11.6 Å². The van der Waals surface area contributed by atoms with Crippen molar-refractivity contribution < 1.29 is 23.7 Å². The van der Waals surface area contributed by atoms with Crippen molar-refractivity contribution in [2.45, 2.75) is 0 Å². The van der Waals surface area contributed by atoms with Crippen molar-refractivity contribution in [2.75, 3.05) is 27.9 Å². The van der Waals surface area contributed by atoms with E-state index in [1.54, 1.807) is 36.4 Å². The quantitative estimate of drug-likeness (QED) is 0.385. The Morgan fingerprint density at radius 1 is 1.11 bits per heavy atom. The lowest BCUT2D eigenvalue weighted by Gasteiger charge is -2.11. The maximum Gasteiger partial charge on any atom is 0.189 e. The maximum atomic E-state index is 12.6. The Morgan fingerprint density at radius 2 is 1.85 bits per heavy atom. The summed E-state index contributed by atoms with van der Waals surface area (Å²) in [6.45, 7) is 0.0688. The van der Waals surface area contributed by atoms with Gasteiger partial charge in [0.05, 0.1) is 31.9 Å². The lowest BCUT2D eigenvalue weighted by Crippen LogP contribution is -2.00. The first-order valence-electron chi connectivity index (χ1n) is 7.92. The van der Waals surface area contributed by atoms with E-state index in [9.17, 15) is 4.79 Å². The molecule has 0 aliphatic heterocycles. The highest BCUT2D eigenvalue weighted by Crippen LogP contribution is 2.36. The van der Waals surface area contributed by atoms with Crippen LogP contribution in [-0.4, -0.2) is 33.7 Å². The Bertz CT molecular complexity index is 896. The first kappa shape index (κ1) is 20.2. The number of benzene rings is 2. The van der Waals surface area contributed by atoms with E-state index in [1.807, 2.05) is 0 Å². The smallest absolute Gasteiger partial charge is 0.189 e. The minimum atomic E-state index is -0.242. The fourth-order valence-electron chi connectivity index (χ4n) is 2.36. The molecular weight excluding hydrogens is 368 g/mol. The number of terminal acetylenes is 1. The summed E-state index contributed by atoms with van der Waals surface area (Å²) >= 11 is 6.24. The molecule has 0 aromatic heterocycles. The van der Waals surface area contributed by atoms with Gasteiger partial charge >= 0.3 is 0 Å². The second-order valence-electron chi connectivity index (χ2n) is 5.29. The van der Waals surface area contributed by atoms with E-state index in [-0.39, 0.29) is 12.4 Å². The Hall–Kier alpha value is -3.10. The Balaban J connectivity index is 2.31. The van der Waals surface area contributed by atoms with E-state index >= 15 is 0 Å². The molecule has 0 atom stereocenters. The number of carbonyl (C=O) groups excluding carboxylic acids is 1.